The molecule has 4 aromatic carbocycles. The van der Waals surface area contributed by atoms with Gasteiger partial charge in [-0.1, -0.05) is 62.4 Å². The van der Waals surface area contributed by atoms with E-state index in [1.807, 2.05) is 79.9 Å². The SMILES string of the molecule is COc1ccc2c(c1)Oc1ccccc1C2C(C)(C)C(=O)Nc1nc(-c2ccc(F)c3ccccc23)cs1. The maximum atomic E-state index is 14.3. The summed E-state index contributed by atoms with van der Waals surface area (Å²) in [5.41, 5.74) is 2.52. The normalized spacial score (nSPS) is 14.4. The Morgan fingerprint density at radius 3 is 2.53 bits per heavy atom. The zero-order chi connectivity index (χ0) is 26.4. The number of anilines is 1. The highest BCUT2D eigenvalue weighted by Crippen LogP contribution is 2.53. The van der Waals surface area contributed by atoms with Gasteiger partial charge in [0, 0.05) is 39.4 Å². The predicted octanol–water partition coefficient (Wildman–Crippen LogP) is 8.01. The quantitative estimate of drug-likeness (QED) is 0.253. The number of thiazole rings is 1. The van der Waals surface area contributed by atoms with Crippen LogP contribution in [0.2, 0.25) is 0 Å². The second-order valence-electron chi connectivity index (χ2n) is 9.83. The summed E-state index contributed by atoms with van der Waals surface area (Å²) in [6.45, 7) is 3.87. The third-order valence-corrected chi connectivity index (χ3v) is 7.92. The van der Waals surface area contributed by atoms with Crippen LogP contribution >= 0.6 is 11.3 Å². The molecule has 0 radical (unpaired) electrons. The van der Waals surface area contributed by atoms with E-state index < -0.39 is 5.41 Å². The molecule has 1 unspecified atom stereocenters. The fourth-order valence-electron chi connectivity index (χ4n) is 5.17. The molecule has 6 rings (SSSR count). The van der Waals surface area contributed by atoms with E-state index in [-0.39, 0.29) is 17.6 Å². The number of methoxy groups -OCH3 is 1. The van der Waals surface area contributed by atoms with Crippen molar-refractivity contribution in [2.75, 3.05) is 12.4 Å². The van der Waals surface area contributed by atoms with Crippen molar-refractivity contribution < 1.29 is 18.7 Å². The number of nitrogens with one attached hydrogen (secondary N) is 1. The molecule has 5 aromatic rings. The highest BCUT2D eigenvalue weighted by Gasteiger charge is 2.43. The summed E-state index contributed by atoms with van der Waals surface area (Å²) in [5, 5.41) is 6.73. The van der Waals surface area contributed by atoms with E-state index in [0.717, 1.165) is 27.8 Å². The molecule has 1 atom stereocenters. The van der Waals surface area contributed by atoms with E-state index in [1.165, 1.54) is 17.4 Å². The average molecular weight is 525 g/mol. The van der Waals surface area contributed by atoms with Crippen LogP contribution in [0.1, 0.15) is 30.9 Å². The van der Waals surface area contributed by atoms with Crippen LogP contribution in [0.15, 0.2) is 84.2 Å². The molecule has 1 aliphatic rings. The van der Waals surface area contributed by atoms with Crippen LogP contribution in [-0.4, -0.2) is 18.0 Å². The minimum Gasteiger partial charge on any atom is -0.497 e. The molecule has 1 N–H and O–H groups in total. The molecule has 7 heteroatoms. The number of aromatic nitrogens is 1. The lowest BCUT2D eigenvalue weighted by molar-refractivity contribution is -0.124. The van der Waals surface area contributed by atoms with Crippen LogP contribution in [0.5, 0.6) is 17.2 Å². The summed E-state index contributed by atoms with van der Waals surface area (Å²) in [6.07, 6.45) is 0. The van der Waals surface area contributed by atoms with Crippen LogP contribution in [0.3, 0.4) is 0 Å². The molecule has 0 spiro atoms. The minimum atomic E-state index is -0.850. The second kappa shape index (κ2) is 9.26. The number of hydrogen-bond acceptors (Lipinski definition) is 5. The van der Waals surface area contributed by atoms with Gasteiger partial charge in [-0.05, 0) is 29.7 Å². The largest absolute Gasteiger partial charge is 0.497 e. The monoisotopic (exact) mass is 524 g/mol. The first kappa shape index (κ1) is 24.1. The van der Waals surface area contributed by atoms with E-state index in [1.54, 1.807) is 19.2 Å². The average Bonchev–Trinajstić information content (AvgIpc) is 3.39. The molecule has 0 saturated carbocycles. The van der Waals surface area contributed by atoms with Gasteiger partial charge in [-0.25, -0.2) is 9.37 Å². The van der Waals surface area contributed by atoms with Gasteiger partial charge in [0.25, 0.3) is 0 Å². The first-order chi connectivity index (χ1) is 18.4. The Morgan fingerprint density at radius 1 is 0.974 bits per heavy atom. The molecule has 2 heterocycles. The Labute approximate surface area is 223 Å². The summed E-state index contributed by atoms with van der Waals surface area (Å²) in [7, 11) is 1.62. The number of halogens is 1. The van der Waals surface area contributed by atoms with E-state index in [2.05, 4.69) is 5.32 Å². The van der Waals surface area contributed by atoms with Crippen molar-refractivity contribution in [3.8, 4) is 28.5 Å². The number of hydrogen-bond donors (Lipinski definition) is 1. The molecule has 5 nitrogen and oxygen atoms in total. The van der Waals surface area contributed by atoms with E-state index in [0.29, 0.717) is 27.7 Å². The molecule has 0 fully saturated rings. The Kier molecular flexibility index (Phi) is 5.88. The Bertz CT molecular complexity index is 1690. The molecule has 0 aliphatic carbocycles. The van der Waals surface area contributed by atoms with Crippen molar-refractivity contribution in [1.29, 1.82) is 0 Å². The maximum absolute atomic E-state index is 14.3. The van der Waals surface area contributed by atoms with E-state index in [9.17, 15) is 9.18 Å². The molecule has 190 valence electrons. The first-order valence-electron chi connectivity index (χ1n) is 12.3. The van der Waals surface area contributed by atoms with Crippen molar-refractivity contribution in [2.24, 2.45) is 5.41 Å². The fourth-order valence-corrected chi connectivity index (χ4v) is 5.88. The predicted molar refractivity (Wildman–Crippen MR) is 149 cm³/mol. The van der Waals surface area contributed by atoms with Crippen LogP contribution in [0.25, 0.3) is 22.0 Å². The van der Waals surface area contributed by atoms with Crippen molar-refractivity contribution in [2.45, 2.75) is 19.8 Å². The van der Waals surface area contributed by atoms with Gasteiger partial charge in [0.2, 0.25) is 5.91 Å². The van der Waals surface area contributed by atoms with Crippen molar-refractivity contribution in [3.05, 3.63) is 101 Å². The summed E-state index contributed by atoms with van der Waals surface area (Å²) >= 11 is 1.35. The van der Waals surface area contributed by atoms with Gasteiger partial charge in [-0.2, -0.15) is 0 Å². The van der Waals surface area contributed by atoms with Crippen LogP contribution in [0, 0.1) is 11.2 Å². The zero-order valence-corrected chi connectivity index (χ0v) is 21.9. The van der Waals surface area contributed by atoms with Crippen LogP contribution < -0.4 is 14.8 Å². The lowest BCUT2D eigenvalue weighted by Crippen LogP contribution is -2.38. The number of carbonyl (C=O) groups is 1. The summed E-state index contributed by atoms with van der Waals surface area (Å²) in [4.78, 5) is 18.5. The Hall–Kier alpha value is -4.23. The molecule has 1 aromatic heterocycles. The van der Waals surface area contributed by atoms with E-state index >= 15 is 0 Å². The molecular weight excluding hydrogens is 499 g/mol. The van der Waals surface area contributed by atoms with Gasteiger partial charge >= 0.3 is 0 Å². The summed E-state index contributed by atoms with van der Waals surface area (Å²) in [6, 6.07) is 24.0. The van der Waals surface area contributed by atoms with Gasteiger partial charge in [0.15, 0.2) is 5.13 Å². The van der Waals surface area contributed by atoms with Gasteiger partial charge < -0.3 is 14.8 Å². The van der Waals surface area contributed by atoms with Gasteiger partial charge in [0.05, 0.1) is 18.2 Å². The van der Waals surface area contributed by atoms with E-state index in [4.69, 9.17) is 14.5 Å². The molecule has 1 aliphatic heterocycles. The molecule has 0 bridgehead atoms. The fraction of sp³-hybridized carbons (Fsp3) is 0.161. The van der Waals surface area contributed by atoms with Crippen LogP contribution in [-0.2, 0) is 4.79 Å². The minimum absolute atomic E-state index is 0.161. The third-order valence-electron chi connectivity index (χ3n) is 7.16. The number of benzene rings is 4. The van der Waals surface area contributed by atoms with Crippen LogP contribution in [0.4, 0.5) is 9.52 Å². The highest BCUT2D eigenvalue weighted by molar-refractivity contribution is 7.14. The zero-order valence-electron chi connectivity index (χ0n) is 21.1. The number of ether oxygens (including phenoxy) is 2. The third kappa shape index (κ3) is 4.00. The molecule has 0 saturated heterocycles. The van der Waals surface area contributed by atoms with Crippen molar-refractivity contribution in [3.63, 3.8) is 0 Å². The maximum Gasteiger partial charge on any atom is 0.232 e. The highest BCUT2D eigenvalue weighted by atomic mass is 32.1. The molecular formula is C31H25FN2O3S. The standard InChI is InChI=1S/C31H25FN2O3S/c1-31(2,28-22-10-6-7-11-26(22)37-27-16-18(36-3)12-13-23(27)28)29(35)34-30-33-25(17-38-30)21-14-15-24(32)20-9-5-4-8-19(20)21/h4-17,28H,1-3H3,(H,33,34,35). The Balaban J connectivity index is 1.33. The smallest absolute Gasteiger partial charge is 0.232 e. The summed E-state index contributed by atoms with van der Waals surface area (Å²) in [5.74, 6) is 1.39. The molecule has 38 heavy (non-hydrogen) atoms. The first-order valence-corrected chi connectivity index (χ1v) is 13.1. The van der Waals surface area contributed by atoms with Gasteiger partial charge in [-0.15, -0.1) is 11.3 Å². The molecule has 1 amide bonds. The lowest BCUT2D eigenvalue weighted by Gasteiger charge is -2.38. The van der Waals surface area contributed by atoms with Crippen molar-refractivity contribution in [1.82, 2.24) is 4.98 Å². The number of nitrogens with zero attached hydrogens (tertiary/aromatic N) is 1. The second-order valence-corrected chi connectivity index (χ2v) is 10.7. The number of carbonyl (C=O) groups excluding carboxylic acids is 1. The number of fused-ring (bicyclic) bond motifs is 3. The number of rotatable bonds is 5. The van der Waals surface area contributed by atoms with Crippen molar-refractivity contribution >= 4 is 33.1 Å². The number of para-hydroxylation sites is 1. The Morgan fingerprint density at radius 2 is 1.71 bits per heavy atom. The lowest BCUT2D eigenvalue weighted by atomic mass is 9.69. The van der Waals surface area contributed by atoms with Gasteiger partial charge in [-0.3, -0.25) is 4.79 Å². The summed E-state index contributed by atoms with van der Waals surface area (Å²) < 4.78 is 25.9. The van der Waals surface area contributed by atoms with Gasteiger partial charge in [0.1, 0.15) is 23.1 Å². The topological polar surface area (TPSA) is 60.5 Å². The number of amides is 1.